The van der Waals surface area contributed by atoms with E-state index < -0.39 is 5.97 Å². The molecule has 3 aromatic rings. The van der Waals surface area contributed by atoms with E-state index in [0.29, 0.717) is 18.9 Å². The Hall–Kier alpha value is -3.08. The highest BCUT2D eigenvalue weighted by molar-refractivity contribution is 5.68. The van der Waals surface area contributed by atoms with Crippen molar-refractivity contribution in [2.24, 2.45) is 0 Å². The molecule has 1 heterocycles. The van der Waals surface area contributed by atoms with Gasteiger partial charge in [-0.1, -0.05) is 23.8 Å². The average Bonchev–Trinajstić information content (AvgIpc) is 3.25. The highest BCUT2D eigenvalue weighted by atomic mass is 16.5. The van der Waals surface area contributed by atoms with Crippen LogP contribution in [0.2, 0.25) is 0 Å². The van der Waals surface area contributed by atoms with Crippen molar-refractivity contribution in [2.75, 3.05) is 6.61 Å². The minimum Gasteiger partial charge on any atom is -0.493 e. The van der Waals surface area contributed by atoms with E-state index in [0.717, 1.165) is 41.2 Å². The number of carbonyl (C=O) groups is 1. The van der Waals surface area contributed by atoms with Gasteiger partial charge >= 0.3 is 5.97 Å². The lowest BCUT2D eigenvalue weighted by molar-refractivity contribution is -0.137. The molecule has 0 saturated carbocycles. The summed E-state index contributed by atoms with van der Waals surface area (Å²) in [5.41, 5.74) is 5.43. The van der Waals surface area contributed by atoms with E-state index in [-0.39, 0.29) is 12.3 Å². The van der Waals surface area contributed by atoms with Gasteiger partial charge in [-0.15, -0.1) is 0 Å². The molecule has 0 aliphatic heterocycles. The standard InChI is InChI=1S/C24H25NO4/c1-15-3-5-17(6-4-15)24-25-22(16(2)29-24)11-12-28-20-9-10-21-18(13-20)7-8-19(21)14-23(26)27/h3-6,9-10,13,19H,7-8,11-12,14H2,1-2H3,(H,26,27). The summed E-state index contributed by atoms with van der Waals surface area (Å²) in [4.78, 5) is 15.6. The molecule has 4 rings (SSSR count). The zero-order chi connectivity index (χ0) is 20.4. The number of oxazole rings is 1. The zero-order valence-electron chi connectivity index (χ0n) is 16.8. The van der Waals surface area contributed by atoms with Crippen molar-refractivity contribution in [1.82, 2.24) is 4.98 Å². The highest BCUT2D eigenvalue weighted by Gasteiger charge is 2.24. The second kappa shape index (κ2) is 8.11. The molecule has 1 aliphatic carbocycles. The summed E-state index contributed by atoms with van der Waals surface area (Å²) in [5.74, 6) is 1.65. The third kappa shape index (κ3) is 4.34. The predicted octanol–water partition coefficient (Wildman–Crippen LogP) is 5.08. The molecule has 1 atom stereocenters. The fourth-order valence-electron chi connectivity index (χ4n) is 3.94. The molecule has 0 fully saturated rings. The van der Waals surface area contributed by atoms with Crippen LogP contribution in [-0.4, -0.2) is 22.7 Å². The van der Waals surface area contributed by atoms with Crippen LogP contribution in [0.25, 0.3) is 11.5 Å². The Morgan fingerprint density at radius 3 is 2.76 bits per heavy atom. The van der Waals surface area contributed by atoms with Gasteiger partial charge in [-0.3, -0.25) is 4.79 Å². The van der Waals surface area contributed by atoms with E-state index in [9.17, 15) is 4.79 Å². The number of aryl methyl sites for hydroxylation is 3. The molecular formula is C24H25NO4. The summed E-state index contributed by atoms with van der Waals surface area (Å²) in [6.07, 6.45) is 2.67. The van der Waals surface area contributed by atoms with Gasteiger partial charge in [-0.25, -0.2) is 4.98 Å². The molecule has 0 bridgehead atoms. The Morgan fingerprint density at radius 1 is 1.21 bits per heavy atom. The number of carboxylic acids is 1. The van der Waals surface area contributed by atoms with E-state index in [1.165, 1.54) is 11.1 Å². The van der Waals surface area contributed by atoms with Gasteiger partial charge in [-0.2, -0.15) is 0 Å². The van der Waals surface area contributed by atoms with Gasteiger partial charge in [0.2, 0.25) is 5.89 Å². The number of fused-ring (bicyclic) bond motifs is 1. The molecular weight excluding hydrogens is 366 g/mol. The van der Waals surface area contributed by atoms with Gasteiger partial charge in [0.05, 0.1) is 18.7 Å². The molecule has 2 aromatic carbocycles. The fourth-order valence-corrected chi connectivity index (χ4v) is 3.94. The van der Waals surface area contributed by atoms with Crippen LogP contribution in [0, 0.1) is 13.8 Å². The lowest BCUT2D eigenvalue weighted by atomic mass is 9.98. The van der Waals surface area contributed by atoms with E-state index in [4.69, 9.17) is 14.3 Å². The van der Waals surface area contributed by atoms with Crippen LogP contribution in [-0.2, 0) is 17.6 Å². The van der Waals surface area contributed by atoms with Crippen LogP contribution in [0.4, 0.5) is 0 Å². The number of hydrogen-bond donors (Lipinski definition) is 1. The maximum atomic E-state index is 11.0. The molecule has 1 aromatic heterocycles. The quantitative estimate of drug-likeness (QED) is 0.608. The number of hydrogen-bond acceptors (Lipinski definition) is 4. The minimum absolute atomic E-state index is 0.120. The molecule has 150 valence electrons. The lowest BCUT2D eigenvalue weighted by Crippen LogP contribution is -2.04. The molecule has 29 heavy (non-hydrogen) atoms. The van der Waals surface area contributed by atoms with Crippen LogP contribution in [0.1, 0.15) is 46.9 Å². The molecule has 5 heteroatoms. The SMILES string of the molecule is Cc1ccc(-c2nc(CCOc3ccc4c(c3)CCC4CC(=O)O)c(C)o2)cc1. The summed E-state index contributed by atoms with van der Waals surface area (Å²) in [6, 6.07) is 14.1. The Morgan fingerprint density at radius 2 is 2.00 bits per heavy atom. The van der Waals surface area contributed by atoms with Crippen molar-refractivity contribution < 1.29 is 19.1 Å². The number of aliphatic carboxylic acids is 1. The summed E-state index contributed by atoms with van der Waals surface area (Å²) < 4.78 is 11.8. The summed E-state index contributed by atoms with van der Waals surface area (Å²) >= 11 is 0. The van der Waals surface area contributed by atoms with Crippen LogP contribution in [0.15, 0.2) is 46.9 Å². The second-order valence-corrected chi connectivity index (χ2v) is 7.68. The average molecular weight is 391 g/mol. The largest absolute Gasteiger partial charge is 0.493 e. The number of benzene rings is 2. The van der Waals surface area contributed by atoms with Crippen molar-refractivity contribution in [1.29, 1.82) is 0 Å². The Labute approximate surface area is 170 Å². The normalized spacial score (nSPS) is 15.3. The molecule has 0 amide bonds. The van der Waals surface area contributed by atoms with Gasteiger partial charge in [0, 0.05) is 12.0 Å². The number of carboxylic acid groups (broad SMARTS) is 1. The van der Waals surface area contributed by atoms with Crippen LogP contribution < -0.4 is 4.74 Å². The Balaban J connectivity index is 1.37. The van der Waals surface area contributed by atoms with Crippen molar-refractivity contribution >= 4 is 5.97 Å². The van der Waals surface area contributed by atoms with Crippen molar-refractivity contribution in [3.05, 3.63) is 70.6 Å². The number of aromatic nitrogens is 1. The molecule has 0 saturated heterocycles. The first-order valence-electron chi connectivity index (χ1n) is 10.0. The summed E-state index contributed by atoms with van der Waals surface area (Å²) in [6.45, 7) is 4.49. The molecule has 5 nitrogen and oxygen atoms in total. The first-order chi connectivity index (χ1) is 14.0. The Bertz CT molecular complexity index is 1020. The topological polar surface area (TPSA) is 72.6 Å². The maximum Gasteiger partial charge on any atom is 0.303 e. The summed E-state index contributed by atoms with van der Waals surface area (Å²) in [7, 11) is 0. The predicted molar refractivity (Wildman–Crippen MR) is 110 cm³/mol. The second-order valence-electron chi connectivity index (χ2n) is 7.68. The Kier molecular flexibility index (Phi) is 5.38. The van der Waals surface area contributed by atoms with Gasteiger partial charge in [0.15, 0.2) is 0 Å². The van der Waals surface area contributed by atoms with Gasteiger partial charge in [0.25, 0.3) is 0 Å². The number of rotatable bonds is 7. The first kappa shape index (κ1) is 19.2. The smallest absolute Gasteiger partial charge is 0.303 e. The van der Waals surface area contributed by atoms with E-state index in [1.807, 2.05) is 49.4 Å². The molecule has 1 unspecified atom stereocenters. The van der Waals surface area contributed by atoms with Crippen molar-refractivity contribution in [2.45, 2.75) is 45.4 Å². The third-order valence-corrected chi connectivity index (χ3v) is 5.54. The minimum atomic E-state index is -0.740. The van der Waals surface area contributed by atoms with Crippen LogP contribution >= 0.6 is 0 Å². The van der Waals surface area contributed by atoms with Gasteiger partial charge in [0.1, 0.15) is 11.5 Å². The van der Waals surface area contributed by atoms with Gasteiger partial charge < -0.3 is 14.3 Å². The van der Waals surface area contributed by atoms with E-state index in [1.54, 1.807) is 0 Å². The third-order valence-electron chi connectivity index (χ3n) is 5.54. The van der Waals surface area contributed by atoms with Crippen LogP contribution in [0.3, 0.4) is 0 Å². The number of nitrogens with zero attached hydrogens (tertiary/aromatic N) is 1. The van der Waals surface area contributed by atoms with Crippen LogP contribution in [0.5, 0.6) is 5.75 Å². The molecule has 0 spiro atoms. The lowest BCUT2D eigenvalue weighted by Gasteiger charge is -2.10. The summed E-state index contributed by atoms with van der Waals surface area (Å²) in [5, 5.41) is 9.05. The van der Waals surface area contributed by atoms with Gasteiger partial charge in [-0.05, 0) is 68.0 Å². The number of ether oxygens (including phenoxy) is 1. The molecule has 0 radical (unpaired) electrons. The van der Waals surface area contributed by atoms with Crippen molar-refractivity contribution in [3.63, 3.8) is 0 Å². The fraction of sp³-hybridized carbons (Fsp3) is 0.333. The maximum absolute atomic E-state index is 11.0. The zero-order valence-corrected chi connectivity index (χ0v) is 16.8. The highest BCUT2D eigenvalue weighted by Crippen LogP contribution is 2.37. The molecule has 1 N–H and O–H groups in total. The monoisotopic (exact) mass is 391 g/mol. The van der Waals surface area contributed by atoms with Crippen molar-refractivity contribution in [3.8, 4) is 17.2 Å². The first-order valence-corrected chi connectivity index (χ1v) is 10.0. The molecule has 1 aliphatic rings. The van der Waals surface area contributed by atoms with E-state index in [2.05, 4.69) is 11.9 Å². The van der Waals surface area contributed by atoms with E-state index >= 15 is 0 Å².